The zero-order valence-corrected chi connectivity index (χ0v) is 21.6. The summed E-state index contributed by atoms with van der Waals surface area (Å²) in [7, 11) is 0. The largest absolute Gasteiger partial charge is 0.437 e. The van der Waals surface area contributed by atoms with Crippen LogP contribution in [0.15, 0.2) is 40.8 Å². The van der Waals surface area contributed by atoms with Crippen molar-refractivity contribution in [3.05, 3.63) is 64.5 Å². The predicted octanol–water partition coefficient (Wildman–Crippen LogP) is 9.49. The fraction of sp³-hybridized carbons (Fsp3) is 0.516. The number of hydrogen-bond acceptors (Lipinski definition) is 4. The number of aromatic nitrogens is 1. The fourth-order valence-corrected chi connectivity index (χ4v) is 5.55. The maximum atomic E-state index is 9.53. The first-order valence-electron chi connectivity index (χ1n) is 13.6. The highest BCUT2D eigenvalue weighted by Gasteiger charge is 2.20. The molecule has 0 spiro atoms. The molecule has 0 aliphatic heterocycles. The van der Waals surface area contributed by atoms with Crippen LogP contribution in [0.3, 0.4) is 0 Å². The van der Waals surface area contributed by atoms with E-state index < -0.39 is 0 Å². The van der Waals surface area contributed by atoms with E-state index >= 15 is 0 Å². The van der Waals surface area contributed by atoms with Gasteiger partial charge in [0.15, 0.2) is 5.58 Å². The Morgan fingerprint density at radius 2 is 1.86 bits per heavy atom. The van der Waals surface area contributed by atoms with Gasteiger partial charge in [-0.1, -0.05) is 83.1 Å². The minimum atomic E-state index is -0.284. The van der Waals surface area contributed by atoms with E-state index in [2.05, 4.69) is 45.0 Å². The lowest BCUT2D eigenvalue weighted by Gasteiger charge is -2.23. The number of unbranched alkanes of at least 4 members (excludes halogenated alkanes) is 1. The zero-order chi connectivity index (χ0) is 24.6. The molecule has 1 N–H and O–H groups in total. The quantitative estimate of drug-likeness (QED) is 0.222. The molecule has 1 aliphatic rings. The molecule has 35 heavy (non-hydrogen) atoms. The highest BCUT2D eigenvalue weighted by Crippen LogP contribution is 2.36. The summed E-state index contributed by atoms with van der Waals surface area (Å²) in [5.41, 5.74) is 6.62. The molecule has 0 bridgehead atoms. The molecule has 0 amide bonds. The van der Waals surface area contributed by atoms with E-state index in [4.69, 9.17) is 14.3 Å². The molecular weight excluding hydrogens is 434 g/mol. The molecular formula is C31H41NO3. The van der Waals surface area contributed by atoms with E-state index in [1.54, 1.807) is 0 Å². The highest BCUT2D eigenvalue weighted by molar-refractivity contribution is 5.78. The average Bonchev–Trinajstić information content (AvgIpc) is 3.29. The summed E-state index contributed by atoms with van der Waals surface area (Å²) in [5, 5.41) is 9.53. The Balaban J connectivity index is 1.44. The number of aryl methyl sites for hydroxylation is 1. The van der Waals surface area contributed by atoms with Crippen LogP contribution in [0.4, 0.5) is 0 Å². The van der Waals surface area contributed by atoms with Crippen molar-refractivity contribution in [2.45, 2.75) is 97.0 Å². The summed E-state index contributed by atoms with van der Waals surface area (Å²) < 4.78 is 6.03. The van der Waals surface area contributed by atoms with E-state index in [9.17, 15) is 5.26 Å². The van der Waals surface area contributed by atoms with Crippen LogP contribution in [-0.2, 0) is 4.89 Å². The van der Waals surface area contributed by atoms with Crippen LogP contribution in [0, 0.1) is 12.8 Å². The molecule has 2 unspecified atom stereocenters. The van der Waals surface area contributed by atoms with Crippen LogP contribution in [0.25, 0.3) is 23.3 Å². The van der Waals surface area contributed by atoms with Crippen LogP contribution >= 0.6 is 0 Å². The molecule has 2 aromatic carbocycles. The minimum absolute atomic E-state index is 0.284. The Hall–Kier alpha value is -2.43. The Morgan fingerprint density at radius 1 is 1.09 bits per heavy atom. The van der Waals surface area contributed by atoms with Gasteiger partial charge in [0.05, 0.1) is 0 Å². The summed E-state index contributed by atoms with van der Waals surface area (Å²) in [4.78, 5) is 9.61. The summed E-state index contributed by atoms with van der Waals surface area (Å²) in [5.74, 6) is 1.85. The van der Waals surface area contributed by atoms with Crippen molar-refractivity contribution in [3.63, 3.8) is 0 Å². The summed E-state index contributed by atoms with van der Waals surface area (Å²) in [6.07, 6.45) is 15.8. The maximum Gasteiger partial charge on any atom is 0.220 e. The number of oxazole rings is 1. The van der Waals surface area contributed by atoms with Crippen molar-refractivity contribution in [1.82, 2.24) is 4.98 Å². The van der Waals surface area contributed by atoms with Crippen molar-refractivity contribution in [2.24, 2.45) is 5.92 Å². The molecule has 0 radical (unpaired) electrons. The van der Waals surface area contributed by atoms with Gasteiger partial charge in [-0.05, 0) is 78.5 Å². The van der Waals surface area contributed by atoms with E-state index in [1.807, 2.05) is 24.3 Å². The van der Waals surface area contributed by atoms with Gasteiger partial charge in [0.2, 0.25) is 5.89 Å². The SMILES string of the molecule is CCCCC(CC)CC(OO)c1ccc(/C=C/c2nc3cc(C4CCCCC4)c(C)cc3o2)cc1. The molecule has 2 atom stereocenters. The molecule has 3 aromatic rings. The topological polar surface area (TPSA) is 55.5 Å². The van der Waals surface area contributed by atoms with Gasteiger partial charge >= 0.3 is 0 Å². The highest BCUT2D eigenvalue weighted by atomic mass is 17.1. The molecule has 4 heteroatoms. The van der Waals surface area contributed by atoms with E-state index in [-0.39, 0.29) is 6.10 Å². The third-order valence-corrected chi connectivity index (χ3v) is 7.78. The van der Waals surface area contributed by atoms with Crippen molar-refractivity contribution in [2.75, 3.05) is 0 Å². The molecule has 4 nitrogen and oxygen atoms in total. The molecule has 0 saturated heterocycles. The Morgan fingerprint density at radius 3 is 2.54 bits per heavy atom. The van der Waals surface area contributed by atoms with Gasteiger partial charge in [-0.15, -0.1) is 0 Å². The van der Waals surface area contributed by atoms with Gasteiger partial charge in [-0.3, -0.25) is 5.26 Å². The first kappa shape index (κ1) is 25.7. The number of rotatable bonds is 11. The smallest absolute Gasteiger partial charge is 0.220 e. The first-order valence-corrected chi connectivity index (χ1v) is 13.6. The second kappa shape index (κ2) is 12.5. The van der Waals surface area contributed by atoms with Gasteiger partial charge in [0.25, 0.3) is 0 Å². The minimum Gasteiger partial charge on any atom is -0.437 e. The van der Waals surface area contributed by atoms with Gasteiger partial charge in [0.1, 0.15) is 11.6 Å². The lowest BCUT2D eigenvalue weighted by atomic mass is 9.82. The fourth-order valence-electron chi connectivity index (χ4n) is 5.55. The molecule has 188 valence electrons. The number of fused-ring (bicyclic) bond motifs is 1. The maximum absolute atomic E-state index is 9.53. The van der Waals surface area contributed by atoms with Gasteiger partial charge in [-0.25, -0.2) is 9.87 Å². The van der Waals surface area contributed by atoms with E-state index in [0.29, 0.717) is 17.7 Å². The van der Waals surface area contributed by atoms with Gasteiger partial charge in [-0.2, -0.15) is 0 Å². The van der Waals surface area contributed by atoms with E-state index in [0.717, 1.165) is 35.1 Å². The lowest BCUT2D eigenvalue weighted by molar-refractivity contribution is -0.285. The molecule has 1 aromatic heterocycles. The number of benzene rings is 2. The molecule has 1 fully saturated rings. The van der Waals surface area contributed by atoms with Crippen LogP contribution in [0.5, 0.6) is 0 Å². The zero-order valence-electron chi connectivity index (χ0n) is 21.6. The molecule has 1 saturated carbocycles. The van der Waals surface area contributed by atoms with Crippen LogP contribution in [0.2, 0.25) is 0 Å². The predicted molar refractivity (Wildman–Crippen MR) is 144 cm³/mol. The average molecular weight is 476 g/mol. The second-order valence-electron chi connectivity index (χ2n) is 10.3. The molecule has 4 rings (SSSR count). The summed E-state index contributed by atoms with van der Waals surface area (Å²) >= 11 is 0. The van der Waals surface area contributed by atoms with Gasteiger partial charge in [0, 0.05) is 6.08 Å². The third-order valence-electron chi connectivity index (χ3n) is 7.78. The standard InChI is InChI=1S/C31H41NO3/c1-4-6-10-23(5-2)20-29(35-33)26-16-13-24(14-17-26)15-18-31-32-28-21-27(22(3)19-30(28)34-31)25-11-8-7-9-12-25/h13-19,21,23,25,29,33H,4-12,20H2,1-3H3/b18-15+. The third kappa shape index (κ3) is 6.62. The Bertz CT molecular complexity index is 1090. The second-order valence-corrected chi connectivity index (χ2v) is 10.3. The van der Waals surface area contributed by atoms with Crippen LogP contribution < -0.4 is 0 Å². The summed E-state index contributed by atoms with van der Waals surface area (Å²) in [6.45, 7) is 6.63. The first-order chi connectivity index (χ1) is 17.1. The van der Waals surface area contributed by atoms with E-state index in [1.165, 1.54) is 62.5 Å². The van der Waals surface area contributed by atoms with Crippen molar-refractivity contribution < 1.29 is 14.6 Å². The summed E-state index contributed by atoms with van der Waals surface area (Å²) in [6, 6.07) is 12.6. The molecule has 1 heterocycles. The monoisotopic (exact) mass is 475 g/mol. The number of nitrogens with zero attached hydrogens (tertiary/aromatic N) is 1. The lowest BCUT2D eigenvalue weighted by Crippen LogP contribution is -2.09. The van der Waals surface area contributed by atoms with Crippen LogP contribution in [0.1, 0.15) is 118 Å². The van der Waals surface area contributed by atoms with Crippen LogP contribution in [-0.4, -0.2) is 10.2 Å². The molecule has 1 aliphatic carbocycles. The van der Waals surface area contributed by atoms with Crippen molar-refractivity contribution in [3.8, 4) is 0 Å². The normalized spacial score (nSPS) is 16.8. The van der Waals surface area contributed by atoms with Crippen molar-refractivity contribution in [1.29, 1.82) is 0 Å². The number of hydrogen-bond donors (Lipinski definition) is 1. The van der Waals surface area contributed by atoms with Crippen molar-refractivity contribution >= 4 is 23.3 Å². The van der Waals surface area contributed by atoms with Gasteiger partial charge < -0.3 is 4.42 Å². The Labute approximate surface area is 210 Å². The Kier molecular flexibility index (Phi) is 9.17.